The fraction of sp³-hybridized carbons (Fsp3) is 0.381. The number of thiocarbonyl (C=S) groups is 1. The van der Waals surface area contributed by atoms with Gasteiger partial charge in [0.15, 0.2) is 5.11 Å². The fourth-order valence-corrected chi connectivity index (χ4v) is 4.93. The lowest BCUT2D eigenvalue weighted by molar-refractivity contribution is 0.0730. The van der Waals surface area contributed by atoms with Crippen LogP contribution >= 0.6 is 12.2 Å². The maximum atomic E-state index is 12.7. The van der Waals surface area contributed by atoms with Gasteiger partial charge in [-0.3, -0.25) is 0 Å². The molecule has 0 bridgehead atoms. The van der Waals surface area contributed by atoms with Gasteiger partial charge in [-0.05, 0) is 67.7 Å². The normalized spacial score (nSPS) is 14.8. The van der Waals surface area contributed by atoms with Crippen LogP contribution in [0.4, 0.5) is 17.1 Å². The third-order valence-electron chi connectivity index (χ3n) is 4.96. The Balaban J connectivity index is 1.58. The molecule has 8 nitrogen and oxygen atoms in total. The van der Waals surface area contributed by atoms with Crippen LogP contribution in [-0.4, -0.2) is 68.9 Å². The molecule has 1 aliphatic heterocycles. The molecule has 31 heavy (non-hydrogen) atoms. The summed E-state index contributed by atoms with van der Waals surface area (Å²) >= 11 is 5.37. The Kier molecular flexibility index (Phi) is 8.22. The van der Waals surface area contributed by atoms with Gasteiger partial charge in [-0.2, -0.15) is 4.31 Å². The van der Waals surface area contributed by atoms with Crippen molar-refractivity contribution in [2.24, 2.45) is 0 Å². The summed E-state index contributed by atoms with van der Waals surface area (Å²) in [6.07, 6.45) is 0. The number of hydrogen-bond donors (Lipinski definition) is 3. The van der Waals surface area contributed by atoms with Gasteiger partial charge in [0.2, 0.25) is 10.0 Å². The minimum atomic E-state index is -3.52. The highest BCUT2D eigenvalue weighted by atomic mass is 32.2. The van der Waals surface area contributed by atoms with E-state index in [-0.39, 0.29) is 11.5 Å². The van der Waals surface area contributed by atoms with E-state index in [1.807, 2.05) is 31.2 Å². The summed E-state index contributed by atoms with van der Waals surface area (Å²) < 4.78 is 32.1. The second kappa shape index (κ2) is 10.9. The van der Waals surface area contributed by atoms with E-state index in [9.17, 15) is 8.42 Å². The van der Waals surface area contributed by atoms with Gasteiger partial charge < -0.3 is 25.4 Å². The SMILES string of the molecule is CCN(CCO)c1ccc(NC(=S)Nc2ccc(S(=O)(=O)N3CCOCC3)cc2)cc1. The van der Waals surface area contributed by atoms with Crippen molar-refractivity contribution in [2.75, 3.05) is 61.5 Å². The largest absolute Gasteiger partial charge is 0.395 e. The van der Waals surface area contributed by atoms with E-state index < -0.39 is 10.0 Å². The number of aliphatic hydroxyl groups excluding tert-OH is 1. The molecule has 1 fully saturated rings. The Bertz CT molecular complexity index is 960. The highest BCUT2D eigenvalue weighted by molar-refractivity contribution is 7.89. The van der Waals surface area contributed by atoms with Crippen molar-refractivity contribution in [3.8, 4) is 0 Å². The van der Waals surface area contributed by atoms with Gasteiger partial charge in [0.05, 0.1) is 24.7 Å². The van der Waals surface area contributed by atoms with Crippen LogP contribution in [-0.2, 0) is 14.8 Å². The van der Waals surface area contributed by atoms with Crippen molar-refractivity contribution in [1.82, 2.24) is 4.31 Å². The van der Waals surface area contributed by atoms with Crippen LogP contribution < -0.4 is 15.5 Å². The second-order valence-electron chi connectivity index (χ2n) is 6.97. The second-order valence-corrected chi connectivity index (χ2v) is 9.32. The van der Waals surface area contributed by atoms with Crippen LogP contribution in [0.15, 0.2) is 53.4 Å². The first-order chi connectivity index (χ1) is 14.9. The number of rotatable bonds is 8. The molecular weight excluding hydrogens is 436 g/mol. The number of nitrogens with one attached hydrogen (secondary N) is 2. The molecule has 0 saturated carbocycles. The highest BCUT2D eigenvalue weighted by Crippen LogP contribution is 2.21. The summed E-state index contributed by atoms with van der Waals surface area (Å²) in [6, 6.07) is 14.3. The number of anilines is 3. The standard InChI is InChI=1S/C21H28N4O4S2/c1-2-24(11-14-26)19-7-3-17(4-8-19)22-21(30)23-18-5-9-20(10-6-18)31(27,28)25-12-15-29-16-13-25/h3-10,26H,2,11-16H2,1H3,(H2,22,23,30). The molecule has 10 heteroatoms. The molecule has 168 valence electrons. The smallest absolute Gasteiger partial charge is 0.243 e. The van der Waals surface area contributed by atoms with E-state index in [0.717, 1.165) is 17.9 Å². The Morgan fingerprint density at radius 3 is 2.13 bits per heavy atom. The summed E-state index contributed by atoms with van der Waals surface area (Å²) in [5.74, 6) is 0. The molecular formula is C21H28N4O4S2. The minimum Gasteiger partial charge on any atom is -0.395 e. The van der Waals surface area contributed by atoms with Crippen molar-refractivity contribution < 1.29 is 18.3 Å². The minimum absolute atomic E-state index is 0.106. The summed E-state index contributed by atoms with van der Waals surface area (Å²) in [6.45, 7) is 5.10. The molecule has 0 amide bonds. The molecule has 0 unspecified atom stereocenters. The van der Waals surface area contributed by atoms with Crippen LogP contribution in [0.25, 0.3) is 0 Å². The van der Waals surface area contributed by atoms with Gasteiger partial charge in [-0.1, -0.05) is 0 Å². The number of aliphatic hydroxyl groups is 1. The molecule has 0 aliphatic carbocycles. The van der Waals surface area contributed by atoms with Gasteiger partial charge in [0, 0.05) is 43.2 Å². The van der Waals surface area contributed by atoms with E-state index in [1.54, 1.807) is 24.3 Å². The van der Waals surface area contributed by atoms with E-state index in [2.05, 4.69) is 15.5 Å². The van der Waals surface area contributed by atoms with Gasteiger partial charge in [0.25, 0.3) is 0 Å². The Labute approximate surface area is 188 Å². The van der Waals surface area contributed by atoms with Crippen molar-refractivity contribution in [1.29, 1.82) is 0 Å². The Morgan fingerprint density at radius 2 is 1.61 bits per heavy atom. The fourth-order valence-electron chi connectivity index (χ4n) is 3.29. The van der Waals surface area contributed by atoms with Gasteiger partial charge in [-0.15, -0.1) is 0 Å². The Hall–Kier alpha value is -2.24. The molecule has 0 atom stereocenters. The van der Waals surface area contributed by atoms with Crippen LogP contribution in [0, 0.1) is 0 Å². The lowest BCUT2D eigenvalue weighted by atomic mass is 10.2. The van der Waals surface area contributed by atoms with Crippen molar-refractivity contribution in [3.63, 3.8) is 0 Å². The van der Waals surface area contributed by atoms with Crippen LogP contribution in [0.1, 0.15) is 6.92 Å². The number of benzene rings is 2. The van der Waals surface area contributed by atoms with Gasteiger partial charge >= 0.3 is 0 Å². The van der Waals surface area contributed by atoms with Crippen LogP contribution in [0.3, 0.4) is 0 Å². The zero-order valence-electron chi connectivity index (χ0n) is 17.5. The average molecular weight is 465 g/mol. The van der Waals surface area contributed by atoms with Crippen LogP contribution in [0.2, 0.25) is 0 Å². The number of nitrogens with zero attached hydrogens (tertiary/aromatic N) is 2. The first-order valence-electron chi connectivity index (χ1n) is 10.2. The van der Waals surface area contributed by atoms with Crippen molar-refractivity contribution in [2.45, 2.75) is 11.8 Å². The molecule has 0 radical (unpaired) electrons. The monoisotopic (exact) mass is 464 g/mol. The predicted octanol–water partition coefficient (Wildman–Crippen LogP) is 2.33. The molecule has 2 aromatic rings. The number of ether oxygens (including phenoxy) is 1. The highest BCUT2D eigenvalue weighted by Gasteiger charge is 2.26. The van der Waals surface area contributed by atoms with E-state index in [4.69, 9.17) is 22.1 Å². The maximum absolute atomic E-state index is 12.7. The number of likely N-dealkylation sites (N-methyl/N-ethyl adjacent to an activating group) is 1. The molecule has 1 aliphatic rings. The molecule has 2 aromatic carbocycles. The first-order valence-corrected chi connectivity index (χ1v) is 12.0. The number of hydrogen-bond acceptors (Lipinski definition) is 6. The molecule has 1 saturated heterocycles. The average Bonchev–Trinajstić information content (AvgIpc) is 2.79. The van der Waals surface area contributed by atoms with Gasteiger partial charge in [-0.25, -0.2) is 8.42 Å². The summed E-state index contributed by atoms with van der Waals surface area (Å²) in [5.41, 5.74) is 2.54. The van der Waals surface area contributed by atoms with E-state index in [0.29, 0.717) is 43.6 Å². The first kappa shape index (κ1) is 23.4. The lowest BCUT2D eigenvalue weighted by Gasteiger charge is -2.26. The predicted molar refractivity (Wildman–Crippen MR) is 127 cm³/mol. The van der Waals surface area contributed by atoms with Crippen LogP contribution in [0.5, 0.6) is 0 Å². The summed E-state index contributed by atoms with van der Waals surface area (Å²) in [7, 11) is -3.52. The molecule has 3 N–H and O–H groups in total. The molecule has 0 spiro atoms. The lowest BCUT2D eigenvalue weighted by Crippen LogP contribution is -2.40. The van der Waals surface area contributed by atoms with Crippen molar-refractivity contribution >= 4 is 44.4 Å². The zero-order chi connectivity index (χ0) is 22.3. The summed E-state index contributed by atoms with van der Waals surface area (Å²) in [5, 5.41) is 15.7. The number of morpholine rings is 1. The van der Waals surface area contributed by atoms with Crippen molar-refractivity contribution in [3.05, 3.63) is 48.5 Å². The summed E-state index contributed by atoms with van der Waals surface area (Å²) in [4.78, 5) is 2.32. The third kappa shape index (κ3) is 6.14. The molecule has 1 heterocycles. The Morgan fingerprint density at radius 1 is 1.06 bits per heavy atom. The quantitative estimate of drug-likeness (QED) is 0.513. The molecule has 0 aromatic heterocycles. The van der Waals surface area contributed by atoms with E-state index >= 15 is 0 Å². The maximum Gasteiger partial charge on any atom is 0.243 e. The third-order valence-corrected chi connectivity index (χ3v) is 7.08. The number of sulfonamides is 1. The van der Waals surface area contributed by atoms with Gasteiger partial charge in [0.1, 0.15) is 0 Å². The van der Waals surface area contributed by atoms with E-state index in [1.165, 1.54) is 4.31 Å². The zero-order valence-corrected chi connectivity index (χ0v) is 19.1. The topological polar surface area (TPSA) is 94.1 Å². The molecule has 3 rings (SSSR count).